The minimum atomic E-state index is -0.861. The maximum absolute atomic E-state index is 6.26. The summed E-state index contributed by atoms with van der Waals surface area (Å²) in [5.74, 6) is 0.706. The second kappa shape index (κ2) is 7.27. The van der Waals surface area contributed by atoms with Gasteiger partial charge in [0, 0.05) is 5.56 Å². The number of para-hydroxylation sites is 1. The zero-order valence-corrected chi connectivity index (χ0v) is 14.6. The van der Waals surface area contributed by atoms with E-state index in [0.29, 0.717) is 13.2 Å². The van der Waals surface area contributed by atoms with Gasteiger partial charge < -0.3 is 14.2 Å². The molecule has 2 heterocycles. The quantitative estimate of drug-likeness (QED) is 0.677. The number of aromatic nitrogens is 3. The first-order chi connectivity index (χ1) is 12.8. The molecule has 0 radical (unpaired) electrons. The number of ether oxygens (including phenoxy) is 3. The third kappa shape index (κ3) is 3.47. The molecule has 0 amide bonds. The Balaban J connectivity index is 1.57. The SMILES string of the molecule is CCC1COC(Cn2cncn2)(c2ccc(Oc3ccccc3)cc2)O1. The van der Waals surface area contributed by atoms with Gasteiger partial charge in [-0.15, -0.1) is 0 Å². The van der Waals surface area contributed by atoms with E-state index in [9.17, 15) is 0 Å². The Morgan fingerprint density at radius 2 is 1.88 bits per heavy atom. The summed E-state index contributed by atoms with van der Waals surface area (Å²) >= 11 is 0. The molecule has 1 fully saturated rings. The molecule has 0 bridgehead atoms. The number of hydrogen-bond acceptors (Lipinski definition) is 5. The number of rotatable bonds is 6. The fraction of sp³-hybridized carbons (Fsp3) is 0.300. The van der Waals surface area contributed by atoms with E-state index in [-0.39, 0.29) is 6.10 Å². The van der Waals surface area contributed by atoms with Gasteiger partial charge >= 0.3 is 0 Å². The molecule has 2 atom stereocenters. The van der Waals surface area contributed by atoms with E-state index in [2.05, 4.69) is 17.0 Å². The van der Waals surface area contributed by atoms with Crippen LogP contribution in [0.25, 0.3) is 0 Å². The minimum Gasteiger partial charge on any atom is -0.457 e. The molecule has 1 aliphatic rings. The summed E-state index contributed by atoms with van der Waals surface area (Å²) in [5, 5.41) is 4.20. The molecular formula is C20H21N3O3. The van der Waals surface area contributed by atoms with Gasteiger partial charge in [0.2, 0.25) is 5.79 Å². The van der Waals surface area contributed by atoms with Crippen LogP contribution < -0.4 is 4.74 Å². The molecule has 26 heavy (non-hydrogen) atoms. The van der Waals surface area contributed by atoms with E-state index in [4.69, 9.17) is 14.2 Å². The standard InChI is InChI=1S/C20H21N3O3/c1-2-17-12-24-20(26-17,13-23-15-21-14-22-23)16-8-10-19(11-9-16)25-18-6-4-3-5-7-18/h3-11,14-15,17H,2,12-13H2,1H3. The summed E-state index contributed by atoms with van der Waals surface area (Å²) in [4.78, 5) is 4.01. The van der Waals surface area contributed by atoms with Crippen LogP contribution in [0.3, 0.4) is 0 Å². The molecule has 6 nitrogen and oxygen atoms in total. The van der Waals surface area contributed by atoms with E-state index in [1.165, 1.54) is 6.33 Å². The lowest BCUT2D eigenvalue weighted by atomic mass is 10.1. The molecule has 1 saturated heterocycles. The molecule has 4 rings (SSSR count). The topological polar surface area (TPSA) is 58.4 Å². The van der Waals surface area contributed by atoms with Crippen molar-refractivity contribution in [1.29, 1.82) is 0 Å². The molecule has 1 aliphatic heterocycles. The fourth-order valence-electron chi connectivity index (χ4n) is 3.02. The van der Waals surface area contributed by atoms with Gasteiger partial charge in [0.15, 0.2) is 0 Å². The summed E-state index contributed by atoms with van der Waals surface area (Å²) in [7, 11) is 0. The summed E-state index contributed by atoms with van der Waals surface area (Å²) < 4.78 is 20.0. The molecule has 6 heteroatoms. The lowest BCUT2D eigenvalue weighted by Crippen LogP contribution is -2.33. The van der Waals surface area contributed by atoms with Crippen LogP contribution in [0, 0.1) is 0 Å². The summed E-state index contributed by atoms with van der Waals surface area (Å²) in [5.41, 5.74) is 0.935. The number of nitrogens with zero attached hydrogens (tertiary/aromatic N) is 3. The van der Waals surface area contributed by atoms with E-state index < -0.39 is 5.79 Å². The van der Waals surface area contributed by atoms with Crippen molar-refractivity contribution in [3.8, 4) is 11.5 Å². The molecule has 2 unspecified atom stereocenters. The second-order valence-electron chi connectivity index (χ2n) is 6.24. The van der Waals surface area contributed by atoms with E-state index in [1.54, 1.807) is 11.0 Å². The lowest BCUT2D eigenvalue weighted by Gasteiger charge is -2.28. The molecule has 3 aromatic rings. The molecule has 0 N–H and O–H groups in total. The van der Waals surface area contributed by atoms with Gasteiger partial charge in [-0.2, -0.15) is 5.10 Å². The maximum atomic E-state index is 6.26. The summed E-state index contributed by atoms with van der Waals surface area (Å²) in [6.07, 6.45) is 4.14. The Hall–Kier alpha value is -2.70. The molecule has 0 aliphatic carbocycles. The first-order valence-corrected chi connectivity index (χ1v) is 8.75. The summed E-state index contributed by atoms with van der Waals surface area (Å²) in [6, 6.07) is 17.5. The predicted molar refractivity (Wildman–Crippen MR) is 95.8 cm³/mol. The van der Waals surface area contributed by atoms with E-state index in [1.807, 2.05) is 54.6 Å². The average molecular weight is 351 g/mol. The normalized spacial score (nSPS) is 22.4. The van der Waals surface area contributed by atoms with Crippen LogP contribution in [0.2, 0.25) is 0 Å². The highest BCUT2D eigenvalue weighted by Gasteiger charge is 2.43. The highest BCUT2D eigenvalue weighted by Crippen LogP contribution is 2.37. The van der Waals surface area contributed by atoms with Gasteiger partial charge in [-0.3, -0.25) is 0 Å². The van der Waals surface area contributed by atoms with E-state index in [0.717, 1.165) is 23.5 Å². The highest BCUT2D eigenvalue weighted by molar-refractivity contribution is 5.34. The fourth-order valence-corrected chi connectivity index (χ4v) is 3.02. The average Bonchev–Trinajstić information content (AvgIpc) is 3.34. The number of hydrogen-bond donors (Lipinski definition) is 0. The zero-order valence-electron chi connectivity index (χ0n) is 14.6. The van der Waals surface area contributed by atoms with Crippen molar-refractivity contribution in [1.82, 2.24) is 14.8 Å². The van der Waals surface area contributed by atoms with Crippen molar-refractivity contribution in [3.63, 3.8) is 0 Å². The third-order valence-corrected chi connectivity index (χ3v) is 4.42. The Kier molecular flexibility index (Phi) is 4.69. The van der Waals surface area contributed by atoms with Crippen molar-refractivity contribution >= 4 is 0 Å². The smallest absolute Gasteiger partial charge is 0.215 e. The summed E-state index contributed by atoms with van der Waals surface area (Å²) in [6.45, 7) is 3.10. The first-order valence-electron chi connectivity index (χ1n) is 8.75. The van der Waals surface area contributed by atoms with Gasteiger partial charge in [0.25, 0.3) is 0 Å². The molecule has 0 saturated carbocycles. The van der Waals surface area contributed by atoms with Crippen LogP contribution >= 0.6 is 0 Å². The van der Waals surface area contributed by atoms with Gasteiger partial charge in [0.05, 0.1) is 12.7 Å². The van der Waals surface area contributed by atoms with Crippen molar-refractivity contribution in [2.24, 2.45) is 0 Å². The Morgan fingerprint density at radius 1 is 1.12 bits per heavy atom. The van der Waals surface area contributed by atoms with Crippen LogP contribution in [0.1, 0.15) is 18.9 Å². The molecule has 2 aromatic carbocycles. The van der Waals surface area contributed by atoms with Crippen molar-refractivity contribution in [3.05, 3.63) is 72.8 Å². The van der Waals surface area contributed by atoms with Crippen molar-refractivity contribution < 1.29 is 14.2 Å². The molecular weight excluding hydrogens is 330 g/mol. The Morgan fingerprint density at radius 3 is 2.54 bits per heavy atom. The molecule has 134 valence electrons. The highest BCUT2D eigenvalue weighted by atomic mass is 16.7. The van der Waals surface area contributed by atoms with Crippen LogP contribution in [0.5, 0.6) is 11.5 Å². The van der Waals surface area contributed by atoms with Gasteiger partial charge in [-0.1, -0.05) is 25.1 Å². The molecule has 0 spiro atoms. The first kappa shape index (κ1) is 16.8. The minimum absolute atomic E-state index is 0.0683. The van der Waals surface area contributed by atoms with Gasteiger partial charge in [-0.05, 0) is 42.8 Å². The van der Waals surface area contributed by atoms with Gasteiger partial charge in [-0.25, -0.2) is 9.67 Å². The van der Waals surface area contributed by atoms with Crippen molar-refractivity contribution in [2.75, 3.05) is 6.61 Å². The van der Waals surface area contributed by atoms with Crippen LogP contribution in [0.4, 0.5) is 0 Å². The maximum Gasteiger partial charge on any atom is 0.215 e. The van der Waals surface area contributed by atoms with Crippen LogP contribution in [-0.2, 0) is 21.8 Å². The lowest BCUT2D eigenvalue weighted by molar-refractivity contribution is -0.188. The Bertz CT molecular complexity index is 821. The number of benzene rings is 2. The van der Waals surface area contributed by atoms with Crippen LogP contribution in [0.15, 0.2) is 67.3 Å². The monoisotopic (exact) mass is 351 g/mol. The second-order valence-corrected chi connectivity index (χ2v) is 6.24. The van der Waals surface area contributed by atoms with Gasteiger partial charge in [0.1, 0.15) is 30.7 Å². The third-order valence-electron chi connectivity index (χ3n) is 4.42. The largest absolute Gasteiger partial charge is 0.457 e. The molecule has 1 aromatic heterocycles. The predicted octanol–water partition coefficient (Wildman–Crippen LogP) is 3.75. The van der Waals surface area contributed by atoms with Crippen LogP contribution in [-0.4, -0.2) is 27.5 Å². The van der Waals surface area contributed by atoms with Crippen molar-refractivity contribution in [2.45, 2.75) is 31.8 Å². The zero-order chi connectivity index (χ0) is 17.8. The Labute approximate surface area is 152 Å². The van der Waals surface area contributed by atoms with E-state index >= 15 is 0 Å².